The van der Waals surface area contributed by atoms with Crippen molar-refractivity contribution in [3.8, 4) is 0 Å². The molecule has 0 bridgehead atoms. The van der Waals surface area contributed by atoms with Crippen LogP contribution in [-0.4, -0.2) is 41.4 Å². The van der Waals surface area contributed by atoms with Crippen molar-refractivity contribution in [3.05, 3.63) is 0 Å². The predicted octanol–water partition coefficient (Wildman–Crippen LogP) is -0.365. The van der Waals surface area contributed by atoms with E-state index < -0.39 is 18.0 Å². The molecule has 4 nitrogen and oxygen atoms in total. The number of rotatable bonds is 0. The number of aliphatic hydroxyl groups is 2. The van der Waals surface area contributed by atoms with Crippen LogP contribution in [0.4, 0.5) is 0 Å². The standard InChI is InChI=1S/C8H14O4/c9-6-4-8(2-1-3-11-8)12-5-7(6)10/h6-7,9-10H,1-5H2. The van der Waals surface area contributed by atoms with Gasteiger partial charge in [-0.05, 0) is 6.42 Å². The molecule has 1 spiro atoms. The molecule has 3 atom stereocenters. The molecule has 0 aliphatic carbocycles. The summed E-state index contributed by atoms with van der Waals surface area (Å²) in [6.45, 7) is 0.879. The molecule has 0 aromatic rings. The van der Waals surface area contributed by atoms with E-state index in [1.165, 1.54) is 0 Å². The van der Waals surface area contributed by atoms with Gasteiger partial charge in [0.15, 0.2) is 5.79 Å². The molecular weight excluding hydrogens is 160 g/mol. The summed E-state index contributed by atoms with van der Waals surface area (Å²) in [6.07, 6.45) is 0.755. The Morgan fingerprint density at radius 1 is 1.17 bits per heavy atom. The van der Waals surface area contributed by atoms with Crippen LogP contribution in [0.1, 0.15) is 19.3 Å². The second-order valence-electron chi connectivity index (χ2n) is 3.51. The Bertz CT molecular complexity index is 164. The van der Waals surface area contributed by atoms with Crippen molar-refractivity contribution in [1.82, 2.24) is 0 Å². The number of aliphatic hydroxyl groups excluding tert-OH is 2. The van der Waals surface area contributed by atoms with Gasteiger partial charge in [-0.3, -0.25) is 0 Å². The summed E-state index contributed by atoms with van der Waals surface area (Å²) in [7, 11) is 0. The van der Waals surface area contributed by atoms with E-state index in [-0.39, 0.29) is 6.61 Å². The van der Waals surface area contributed by atoms with Gasteiger partial charge in [-0.1, -0.05) is 0 Å². The van der Waals surface area contributed by atoms with E-state index >= 15 is 0 Å². The summed E-state index contributed by atoms with van der Waals surface area (Å²) in [5.41, 5.74) is 0. The largest absolute Gasteiger partial charge is 0.390 e. The van der Waals surface area contributed by atoms with Gasteiger partial charge >= 0.3 is 0 Å². The Morgan fingerprint density at radius 3 is 2.58 bits per heavy atom. The van der Waals surface area contributed by atoms with Gasteiger partial charge in [-0.15, -0.1) is 0 Å². The predicted molar refractivity (Wildman–Crippen MR) is 40.5 cm³/mol. The molecule has 0 amide bonds. The van der Waals surface area contributed by atoms with E-state index in [2.05, 4.69) is 0 Å². The Morgan fingerprint density at radius 2 is 2.00 bits per heavy atom. The van der Waals surface area contributed by atoms with Crippen LogP contribution in [0.2, 0.25) is 0 Å². The molecule has 3 unspecified atom stereocenters. The normalized spacial score (nSPS) is 48.5. The molecule has 2 rings (SSSR count). The second kappa shape index (κ2) is 2.96. The van der Waals surface area contributed by atoms with Gasteiger partial charge in [0.25, 0.3) is 0 Å². The fraction of sp³-hybridized carbons (Fsp3) is 1.00. The van der Waals surface area contributed by atoms with Crippen molar-refractivity contribution in [3.63, 3.8) is 0 Å². The minimum absolute atomic E-state index is 0.182. The molecule has 4 heteroatoms. The maximum Gasteiger partial charge on any atom is 0.171 e. The summed E-state index contributed by atoms with van der Waals surface area (Å²) in [5, 5.41) is 18.6. The van der Waals surface area contributed by atoms with Crippen molar-refractivity contribution >= 4 is 0 Å². The van der Waals surface area contributed by atoms with Crippen LogP contribution in [0.5, 0.6) is 0 Å². The Balaban J connectivity index is 2.01. The summed E-state index contributed by atoms with van der Waals surface area (Å²) in [6, 6.07) is 0. The fourth-order valence-corrected chi connectivity index (χ4v) is 1.81. The van der Waals surface area contributed by atoms with E-state index in [9.17, 15) is 10.2 Å². The lowest BCUT2D eigenvalue weighted by Crippen LogP contribution is -2.48. The quantitative estimate of drug-likeness (QED) is 0.526. The molecule has 2 aliphatic heterocycles. The third-order valence-corrected chi connectivity index (χ3v) is 2.55. The zero-order valence-electron chi connectivity index (χ0n) is 6.90. The first-order valence-electron chi connectivity index (χ1n) is 4.36. The van der Waals surface area contributed by atoms with Crippen molar-refractivity contribution < 1.29 is 19.7 Å². The molecular formula is C8H14O4. The van der Waals surface area contributed by atoms with Crippen molar-refractivity contribution in [2.24, 2.45) is 0 Å². The van der Waals surface area contributed by atoms with Crippen LogP contribution >= 0.6 is 0 Å². The van der Waals surface area contributed by atoms with Gasteiger partial charge in [0.2, 0.25) is 0 Å². The lowest BCUT2D eigenvalue weighted by molar-refractivity contribution is -0.271. The average Bonchev–Trinajstić information content (AvgIpc) is 2.47. The second-order valence-corrected chi connectivity index (χ2v) is 3.51. The summed E-state index contributed by atoms with van der Waals surface area (Å²) in [5.74, 6) is -0.585. The first kappa shape index (κ1) is 8.44. The Hall–Kier alpha value is -0.160. The fourth-order valence-electron chi connectivity index (χ4n) is 1.81. The van der Waals surface area contributed by atoms with E-state index in [4.69, 9.17) is 9.47 Å². The molecule has 2 fully saturated rings. The van der Waals surface area contributed by atoms with Crippen molar-refractivity contribution in [2.45, 2.75) is 37.3 Å². The van der Waals surface area contributed by atoms with Gasteiger partial charge in [0.05, 0.1) is 19.3 Å². The van der Waals surface area contributed by atoms with E-state index in [0.29, 0.717) is 13.0 Å². The average molecular weight is 174 g/mol. The Labute approximate surface area is 71.1 Å². The van der Waals surface area contributed by atoms with E-state index in [0.717, 1.165) is 12.8 Å². The lowest BCUT2D eigenvalue weighted by atomic mass is 9.98. The molecule has 70 valence electrons. The molecule has 2 saturated heterocycles. The van der Waals surface area contributed by atoms with Gasteiger partial charge in [-0.2, -0.15) is 0 Å². The molecule has 0 radical (unpaired) electrons. The Kier molecular flexibility index (Phi) is 2.08. The third kappa shape index (κ3) is 1.35. The van der Waals surface area contributed by atoms with Crippen LogP contribution < -0.4 is 0 Å². The van der Waals surface area contributed by atoms with Crippen molar-refractivity contribution in [2.75, 3.05) is 13.2 Å². The highest BCUT2D eigenvalue weighted by atomic mass is 16.7. The number of hydrogen-bond donors (Lipinski definition) is 2. The van der Waals surface area contributed by atoms with Crippen molar-refractivity contribution in [1.29, 1.82) is 0 Å². The highest BCUT2D eigenvalue weighted by Gasteiger charge is 2.43. The highest BCUT2D eigenvalue weighted by molar-refractivity contribution is 4.86. The van der Waals surface area contributed by atoms with Crippen LogP contribution in [0.3, 0.4) is 0 Å². The van der Waals surface area contributed by atoms with Crippen LogP contribution in [0.15, 0.2) is 0 Å². The summed E-state index contributed by atoms with van der Waals surface area (Å²) >= 11 is 0. The minimum atomic E-state index is -0.750. The summed E-state index contributed by atoms with van der Waals surface area (Å²) in [4.78, 5) is 0. The number of hydrogen-bond acceptors (Lipinski definition) is 4. The van der Waals surface area contributed by atoms with Crippen LogP contribution in [-0.2, 0) is 9.47 Å². The number of ether oxygens (including phenoxy) is 2. The molecule has 2 heterocycles. The zero-order chi connectivity index (χ0) is 8.60. The molecule has 12 heavy (non-hydrogen) atoms. The molecule has 0 aromatic heterocycles. The van der Waals surface area contributed by atoms with Crippen LogP contribution in [0.25, 0.3) is 0 Å². The molecule has 0 aromatic carbocycles. The summed E-state index contributed by atoms with van der Waals surface area (Å²) < 4.78 is 10.8. The lowest BCUT2D eigenvalue weighted by Gasteiger charge is -2.37. The monoisotopic (exact) mass is 174 g/mol. The SMILES string of the molecule is OC1COC2(CCCO2)CC1O. The maximum atomic E-state index is 9.39. The minimum Gasteiger partial charge on any atom is -0.390 e. The topological polar surface area (TPSA) is 58.9 Å². The van der Waals surface area contributed by atoms with E-state index in [1.54, 1.807) is 0 Å². The van der Waals surface area contributed by atoms with Gasteiger partial charge in [0, 0.05) is 12.8 Å². The van der Waals surface area contributed by atoms with E-state index in [1.807, 2.05) is 0 Å². The highest BCUT2D eigenvalue weighted by Crippen LogP contribution is 2.35. The first-order valence-corrected chi connectivity index (χ1v) is 4.36. The molecule has 2 aliphatic rings. The first-order chi connectivity index (χ1) is 5.72. The smallest absolute Gasteiger partial charge is 0.171 e. The zero-order valence-corrected chi connectivity index (χ0v) is 6.90. The van der Waals surface area contributed by atoms with Crippen LogP contribution in [0, 0.1) is 0 Å². The van der Waals surface area contributed by atoms with Gasteiger partial charge in [-0.25, -0.2) is 0 Å². The van der Waals surface area contributed by atoms with Gasteiger partial charge < -0.3 is 19.7 Å². The maximum absolute atomic E-state index is 9.39. The molecule has 0 saturated carbocycles. The van der Waals surface area contributed by atoms with Gasteiger partial charge in [0.1, 0.15) is 6.10 Å². The third-order valence-electron chi connectivity index (χ3n) is 2.55. The molecule has 2 N–H and O–H groups in total.